The first kappa shape index (κ1) is 15.4. The maximum absolute atomic E-state index is 10.9. The lowest BCUT2D eigenvalue weighted by atomic mass is 10.2. The normalized spacial score (nSPS) is 13.2. The van der Waals surface area contributed by atoms with Crippen molar-refractivity contribution in [3.63, 3.8) is 0 Å². The summed E-state index contributed by atoms with van der Waals surface area (Å²) in [5, 5.41) is 10.1. The highest BCUT2D eigenvalue weighted by atomic mass is 28.2. The Labute approximate surface area is 101 Å². The number of carbonyl (C=O) groups is 1. The van der Waals surface area contributed by atoms with E-state index in [-0.39, 0.29) is 0 Å². The fourth-order valence-electron chi connectivity index (χ4n) is 1.50. The smallest absolute Gasteiger partial charge is 0.330 e. The number of ether oxygens (including phenoxy) is 1. The molecule has 0 aromatic carbocycles. The van der Waals surface area contributed by atoms with Crippen molar-refractivity contribution in [1.82, 2.24) is 0 Å². The molecule has 0 radical (unpaired) electrons. The van der Waals surface area contributed by atoms with Crippen LogP contribution in [0.25, 0.3) is 0 Å². The van der Waals surface area contributed by atoms with Gasteiger partial charge < -0.3 is 9.84 Å². The van der Waals surface area contributed by atoms with Crippen molar-refractivity contribution in [2.45, 2.75) is 46.5 Å². The average molecular weight is 244 g/mol. The summed E-state index contributed by atoms with van der Waals surface area (Å²) in [6.07, 6.45) is 4.95. The zero-order valence-corrected chi connectivity index (χ0v) is 12.1. The third-order valence-corrected chi connectivity index (χ3v) is 4.57. The summed E-state index contributed by atoms with van der Waals surface area (Å²) in [5.74, 6) is -0.774. The molecule has 0 fully saturated rings. The van der Waals surface area contributed by atoms with E-state index in [2.05, 4.69) is 13.8 Å². The average Bonchev–Trinajstić information content (AvgIpc) is 2.26. The lowest BCUT2D eigenvalue weighted by molar-refractivity contribution is -0.132. The number of hydrogen-bond acceptors (Lipinski definition) is 2. The summed E-state index contributed by atoms with van der Waals surface area (Å²) in [4.78, 5) is 10.9. The fourth-order valence-corrected chi connectivity index (χ4v) is 3.22. The van der Waals surface area contributed by atoms with Crippen LogP contribution in [0.2, 0.25) is 0 Å². The Hall–Kier alpha value is -0.613. The van der Waals surface area contributed by atoms with Crippen LogP contribution in [0, 0.1) is 0 Å². The van der Waals surface area contributed by atoms with Gasteiger partial charge in [0.2, 0.25) is 0 Å². The first-order valence-corrected chi connectivity index (χ1v) is 7.83. The summed E-state index contributed by atoms with van der Waals surface area (Å²) in [6.45, 7) is 6.75. The lowest BCUT2D eigenvalue weighted by Gasteiger charge is -2.09. The molecule has 0 bridgehead atoms. The molecule has 0 saturated heterocycles. The van der Waals surface area contributed by atoms with Crippen LogP contribution < -0.4 is 0 Å². The summed E-state index contributed by atoms with van der Waals surface area (Å²) in [7, 11) is -0.527. The van der Waals surface area contributed by atoms with E-state index in [9.17, 15) is 4.79 Å². The quantitative estimate of drug-likeness (QED) is 0.384. The van der Waals surface area contributed by atoms with Gasteiger partial charge in [-0.15, -0.1) is 0 Å². The minimum absolute atomic E-state index is 0.527. The largest absolute Gasteiger partial charge is 0.478 e. The molecule has 0 aliphatic heterocycles. The zero-order chi connectivity index (χ0) is 12.4. The van der Waals surface area contributed by atoms with Crippen LogP contribution in [0.3, 0.4) is 0 Å². The van der Waals surface area contributed by atoms with Crippen LogP contribution >= 0.6 is 0 Å². The minimum atomic E-state index is -0.774. The second-order valence-electron chi connectivity index (χ2n) is 4.00. The number of unbranched alkanes of at least 4 members (excludes halogenated alkanes) is 1. The van der Waals surface area contributed by atoms with Gasteiger partial charge in [0.1, 0.15) is 0 Å². The Balaban J connectivity index is 4.04. The van der Waals surface area contributed by atoms with Crippen molar-refractivity contribution in [2.75, 3.05) is 12.8 Å². The van der Waals surface area contributed by atoms with E-state index in [1.54, 1.807) is 6.92 Å². The molecule has 0 amide bonds. The topological polar surface area (TPSA) is 46.5 Å². The molecule has 0 rings (SSSR count). The van der Waals surface area contributed by atoms with E-state index in [0.29, 0.717) is 5.57 Å². The molecule has 0 aliphatic carbocycles. The van der Waals surface area contributed by atoms with Crippen LogP contribution in [0.1, 0.15) is 46.5 Å². The molecule has 0 aliphatic rings. The van der Waals surface area contributed by atoms with Crippen LogP contribution in [0.5, 0.6) is 0 Å². The van der Waals surface area contributed by atoms with Crippen molar-refractivity contribution in [3.8, 4) is 0 Å². The van der Waals surface area contributed by atoms with Gasteiger partial charge in [0, 0.05) is 18.4 Å². The molecule has 0 atom stereocenters. The molecule has 0 aromatic rings. The predicted octanol–water partition coefficient (Wildman–Crippen LogP) is 2.09. The fraction of sp³-hybridized carbons (Fsp3) is 0.750. The molecule has 16 heavy (non-hydrogen) atoms. The van der Waals surface area contributed by atoms with Crippen LogP contribution in [0.15, 0.2) is 10.8 Å². The van der Waals surface area contributed by atoms with Crippen molar-refractivity contribution in [2.24, 2.45) is 0 Å². The SMILES string of the molecule is CCCCOC[SiH2]/C(CCC)=C(\C)C(=O)O. The molecule has 0 heterocycles. The van der Waals surface area contributed by atoms with Crippen molar-refractivity contribution < 1.29 is 14.6 Å². The molecule has 0 spiro atoms. The Kier molecular flexibility index (Phi) is 9.23. The van der Waals surface area contributed by atoms with Gasteiger partial charge in [-0.3, -0.25) is 0 Å². The van der Waals surface area contributed by atoms with Gasteiger partial charge in [-0.05, 0) is 19.8 Å². The summed E-state index contributed by atoms with van der Waals surface area (Å²) < 4.78 is 5.52. The highest BCUT2D eigenvalue weighted by molar-refractivity contribution is 6.46. The third-order valence-electron chi connectivity index (χ3n) is 2.59. The number of carboxylic acid groups (broad SMARTS) is 1. The monoisotopic (exact) mass is 244 g/mol. The molecule has 0 unspecified atom stereocenters. The molecule has 0 saturated carbocycles. The maximum atomic E-state index is 10.9. The minimum Gasteiger partial charge on any atom is -0.478 e. The van der Waals surface area contributed by atoms with E-state index in [1.165, 1.54) is 0 Å². The molecular weight excluding hydrogens is 220 g/mol. The molecule has 1 N–H and O–H groups in total. The Morgan fingerprint density at radius 3 is 2.50 bits per heavy atom. The summed E-state index contributed by atoms with van der Waals surface area (Å²) in [6, 6.07) is 0. The van der Waals surface area contributed by atoms with Gasteiger partial charge in [0.05, 0.1) is 9.52 Å². The molecule has 0 aromatic heterocycles. The van der Waals surface area contributed by atoms with Crippen molar-refractivity contribution >= 4 is 15.5 Å². The number of allylic oxidation sites excluding steroid dienone is 1. The summed E-state index contributed by atoms with van der Waals surface area (Å²) in [5.41, 5.74) is 0.549. The number of rotatable bonds is 9. The Morgan fingerprint density at radius 1 is 1.31 bits per heavy atom. The number of aliphatic carboxylic acids is 1. The first-order chi connectivity index (χ1) is 7.63. The van der Waals surface area contributed by atoms with Gasteiger partial charge in [-0.2, -0.15) is 0 Å². The lowest BCUT2D eigenvalue weighted by Crippen LogP contribution is -2.12. The molecule has 3 nitrogen and oxygen atoms in total. The summed E-state index contributed by atoms with van der Waals surface area (Å²) >= 11 is 0. The maximum Gasteiger partial charge on any atom is 0.330 e. The van der Waals surface area contributed by atoms with Crippen LogP contribution in [-0.2, 0) is 9.53 Å². The highest BCUT2D eigenvalue weighted by Crippen LogP contribution is 2.10. The Morgan fingerprint density at radius 2 is 2.00 bits per heavy atom. The zero-order valence-electron chi connectivity index (χ0n) is 10.7. The Bertz CT molecular complexity index is 236. The number of carboxylic acids is 1. The molecule has 94 valence electrons. The van der Waals surface area contributed by atoms with Crippen molar-refractivity contribution in [3.05, 3.63) is 10.8 Å². The van der Waals surface area contributed by atoms with Gasteiger partial charge in [0.15, 0.2) is 0 Å². The molecule has 4 heteroatoms. The first-order valence-electron chi connectivity index (χ1n) is 6.13. The van der Waals surface area contributed by atoms with Gasteiger partial charge >= 0.3 is 5.97 Å². The predicted molar refractivity (Wildman–Crippen MR) is 69.5 cm³/mol. The van der Waals surface area contributed by atoms with Crippen LogP contribution in [0.4, 0.5) is 0 Å². The van der Waals surface area contributed by atoms with E-state index < -0.39 is 15.5 Å². The van der Waals surface area contributed by atoms with Gasteiger partial charge in [-0.25, -0.2) is 4.79 Å². The van der Waals surface area contributed by atoms with Gasteiger partial charge in [-0.1, -0.05) is 31.9 Å². The van der Waals surface area contributed by atoms with E-state index >= 15 is 0 Å². The van der Waals surface area contributed by atoms with E-state index in [4.69, 9.17) is 9.84 Å². The van der Waals surface area contributed by atoms with Crippen molar-refractivity contribution in [1.29, 1.82) is 0 Å². The third kappa shape index (κ3) is 6.79. The van der Waals surface area contributed by atoms with Crippen LogP contribution in [-0.4, -0.2) is 33.4 Å². The van der Waals surface area contributed by atoms with E-state index in [0.717, 1.165) is 43.7 Å². The van der Waals surface area contributed by atoms with Gasteiger partial charge in [0.25, 0.3) is 0 Å². The second-order valence-corrected chi connectivity index (χ2v) is 5.76. The van der Waals surface area contributed by atoms with E-state index in [1.807, 2.05) is 0 Å². The molecular formula is C12H24O3Si. The highest BCUT2D eigenvalue weighted by Gasteiger charge is 2.08. The standard InChI is InChI=1S/C12H24O3Si/c1-4-6-8-15-9-16-11(7-5-2)10(3)12(13)14/h4-9,16H2,1-3H3,(H,13,14)/b11-10+. The second kappa shape index (κ2) is 9.60. The number of hydrogen-bond donors (Lipinski definition) is 1.